The molecule has 0 aliphatic carbocycles. The summed E-state index contributed by atoms with van der Waals surface area (Å²) in [4.78, 5) is 39.3. The maximum Gasteiger partial charge on any atom is 0.410 e. The zero-order chi connectivity index (χ0) is 27.1. The second-order valence-corrected chi connectivity index (χ2v) is 13.2. The standard InChI is InChI=1S/C22H27Cl2F2N3O6S/c1-20(2,3)35-19(32)29-11-14(21(12-29)6-8-36(33,34)9-7-21)17(30)27-28-18(31)22(25,26)13-4-5-15(23)16(24)10-13/h4-5,10,14H,6-9,11-12H2,1-3H3,(H,27,30)(H,28,31). The minimum atomic E-state index is -4.05. The van der Waals surface area contributed by atoms with Gasteiger partial charge in [0.25, 0.3) is 0 Å². The summed E-state index contributed by atoms with van der Waals surface area (Å²) in [5, 5.41) is -0.145. The Hall–Kier alpha value is -2.18. The van der Waals surface area contributed by atoms with Gasteiger partial charge in [-0.1, -0.05) is 29.3 Å². The maximum absolute atomic E-state index is 14.6. The number of likely N-dealkylation sites (tertiary alicyclic amines) is 1. The van der Waals surface area contributed by atoms with Gasteiger partial charge >= 0.3 is 17.9 Å². The number of hydrogen-bond acceptors (Lipinski definition) is 6. The Morgan fingerprint density at radius 2 is 1.69 bits per heavy atom. The Balaban J connectivity index is 1.75. The molecule has 9 nitrogen and oxygen atoms in total. The van der Waals surface area contributed by atoms with E-state index in [2.05, 4.69) is 0 Å². The molecule has 3 amide bonds. The molecule has 2 aliphatic heterocycles. The predicted molar refractivity (Wildman–Crippen MR) is 128 cm³/mol. The summed E-state index contributed by atoms with van der Waals surface area (Å²) in [6.07, 6.45) is -0.485. The fraction of sp³-hybridized carbons (Fsp3) is 0.591. The first-order chi connectivity index (χ1) is 16.5. The van der Waals surface area contributed by atoms with E-state index in [0.29, 0.717) is 0 Å². The lowest BCUT2D eigenvalue weighted by atomic mass is 9.73. The van der Waals surface area contributed by atoms with Gasteiger partial charge in [0.15, 0.2) is 0 Å². The van der Waals surface area contributed by atoms with E-state index in [1.54, 1.807) is 26.2 Å². The number of benzene rings is 1. The number of sulfone groups is 1. The molecule has 36 heavy (non-hydrogen) atoms. The summed E-state index contributed by atoms with van der Waals surface area (Å²) in [5.41, 5.74) is 1.31. The Bertz CT molecular complexity index is 1160. The van der Waals surface area contributed by atoms with Crippen molar-refractivity contribution in [1.82, 2.24) is 15.8 Å². The molecule has 1 spiro atoms. The Kier molecular flexibility index (Phi) is 7.84. The number of alkyl halides is 2. The van der Waals surface area contributed by atoms with Crippen molar-refractivity contribution in [2.45, 2.75) is 45.1 Å². The molecule has 3 rings (SSSR count). The first-order valence-corrected chi connectivity index (χ1v) is 13.7. The number of ether oxygens (including phenoxy) is 1. The molecule has 2 saturated heterocycles. The van der Waals surface area contributed by atoms with Gasteiger partial charge in [0.1, 0.15) is 15.4 Å². The highest BCUT2D eigenvalue weighted by Crippen LogP contribution is 2.46. The van der Waals surface area contributed by atoms with Gasteiger partial charge in [-0.15, -0.1) is 0 Å². The van der Waals surface area contributed by atoms with Crippen LogP contribution in [0.15, 0.2) is 18.2 Å². The second kappa shape index (κ2) is 9.94. The third-order valence-electron chi connectivity index (χ3n) is 6.30. The van der Waals surface area contributed by atoms with Gasteiger partial charge in [0.2, 0.25) is 5.91 Å². The van der Waals surface area contributed by atoms with E-state index in [4.69, 9.17) is 27.9 Å². The van der Waals surface area contributed by atoms with Crippen LogP contribution in [0, 0.1) is 11.3 Å². The average Bonchev–Trinajstić information content (AvgIpc) is 3.14. The molecule has 200 valence electrons. The van der Waals surface area contributed by atoms with Crippen LogP contribution in [0.1, 0.15) is 39.2 Å². The SMILES string of the molecule is CC(C)(C)OC(=O)N1CC(C(=O)NNC(=O)C(F)(F)c2ccc(Cl)c(Cl)c2)C2(CCS(=O)(=O)CC2)C1. The predicted octanol–water partition coefficient (Wildman–Crippen LogP) is 3.29. The van der Waals surface area contributed by atoms with Gasteiger partial charge in [-0.3, -0.25) is 20.4 Å². The van der Waals surface area contributed by atoms with Gasteiger partial charge in [0.05, 0.1) is 27.5 Å². The molecule has 2 fully saturated rings. The van der Waals surface area contributed by atoms with E-state index in [1.807, 2.05) is 5.43 Å². The van der Waals surface area contributed by atoms with Crippen LogP contribution in [0.5, 0.6) is 0 Å². The molecule has 1 aromatic carbocycles. The lowest BCUT2D eigenvalue weighted by Gasteiger charge is -2.37. The second-order valence-electron chi connectivity index (χ2n) is 10.1. The fourth-order valence-electron chi connectivity index (χ4n) is 4.35. The van der Waals surface area contributed by atoms with Crippen molar-refractivity contribution in [3.8, 4) is 0 Å². The van der Waals surface area contributed by atoms with E-state index in [0.717, 1.165) is 18.2 Å². The molecule has 1 unspecified atom stereocenters. The molecular formula is C22H27Cl2F2N3O6S. The molecule has 0 saturated carbocycles. The number of carbonyl (C=O) groups is 3. The highest BCUT2D eigenvalue weighted by atomic mass is 35.5. The number of amides is 3. The number of nitrogens with one attached hydrogen (secondary N) is 2. The van der Waals surface area contributed by atoms with Crippen LogP contribution < -0.4 is 10.9 Å². The van der Waals surface area contributed by atoms with Crippen molar-refractivity contribution in [3.63, 3.8) is 0 Å². The van der Waals surface area contributed by atoms with Crippen LogP contribution >= 0.6 is 23.2 Å². The van der Waals surface area contributed by atoms with E-state index in [-0.39, 0.29) is 47.5 Å². The zero-order valence-corrected chi connectivity index (χ0v) is 22.2. The van der Waals surface area contributed by atoms with E-state index in [1.165, 1.54) is 4.90 Å². The summed E-state index contributed by atoms with van der Waals surface area (Å²) in [7, 11) is -3.30. The van der Waals surface area contributed by atoms with Crippen molar-refractivity contribution in [3.05, 3.63) is 33.8 Å². The first kappa shape index (κ1) is 28.4. The monoisotopic (exact) mass is 569 g/mol. The topological polar surface area (TPSA) is 122 Å². The van der Waals surface area contributed by atoms with Crippen LogP contribution in [-0.2, 0) is 30.1 Å². The Labute approximate surface area is 217 Å². The number of hydrogen-bond donors (Lipinski definition) is 2. The van der Waals surface area contributed by atoms with Gasteiger partial charge in [-0.2, -0.15) is 8.78 Å². The molecule has 1 atom stereocenters. The first-order valence-electron chi connectivity index (χ1n) is 11.1. The third kappa shape index (κ3) is 6.20. The molecule has 14 heteroatoms. The number of hydrazine groups is 1. The van der Waals surface area contributed by atoms with Crippen LogP contribution in [0.25, 0.3) is 0 Å². The number of halogens is 4. The van der Waals surface area contributed by atoms with Gasteiger partial charge < -0.3 is 9.64 Å². The van der Waals surface area contributed by atoms with Crippen molar-refractivity contribution in [2.24, 2.45) is 11.3 Å². The highest BCUT2D eigenvalue weighted by molar-refractivity contribution is 7.91. The average molecular weight is 570 g/mol. The van der Waals surface area contributed by atoms with Crippen LogP contribution in [0.3, 0.4) is 0 Å². The third-order valence-corrected chi connectivity index (χ3v) is 8.70. The minimum Gasteiger partial charge on any atom is -0.444 e. The summed E-state index contributed by atoms with van der Waals surface area (Å²) < 4.78 is 58.7. The lowest BCUT2D eigenvalue weighted by molar-refractivity contribution is -0.150. The van der Waals surface area contributed by atoms with Gasteiger partial charge in [0, 0.05) is 24.1 Å². The van der Waals surface area contributed by atoms with Crippen molar-refractivity contribution >= 4 is 50.9 Å². The smallest absolute Gasteiger partial charge is 0.410 e. The summed E-state index contributed by atoms with van der Waals surface area (Å²) in [6, 6.07) is 2.89. The van der Waals surface area contributed by atoms with E-state index >= 15 is 0 Å². The number of nitrogens with zero attached hydrogens (tertiary/aromatic N) is 1. The van der Waals surface area contributed by atoms with Crippen LogP contribution in [-0.4, -0.2) is 61.4 Å². The van der Waals surface area contributed by atoms with Gasteiger partial charge in [-0.05, 0) is 45.7 Å². The number of rotatable bonds is 3. The molecule has 1 aromatic rings. The fourth-order valence-corrected chi connectivity index (χ4v) is 6.29. The largest absolute Gasteiger partial charge is 0.444 e. The van der Waals surface area contributed by atoms with E-state index in [9.17, 15) is 31.6 Å². The molecular weight excluding hydrogens is 543 g/mol. The van der Waals surface area contributed by atoms with E-state index < -0.39 is 56.2 Å². The molecule has 2 N–H and O–H groups in total. The quantitative estimate of drug-likeness (QED) is 0.538. The highest BCUT2D eigenvalue weighted by Gasteiger charge is 2.54. The number of carbonyl (C=O) groups excluding carboxylic acids is 3. The van der Waals surface area contributed by atoms with Crippen molar-refractivity contribution < 1.29 is 36.3 Å². The molecule has 2 heterocycles. The Morgan fingerprint density at radius 3 is 2.25 bits per heavy atom. The molecule has 0 bridgehead atoms. The summed E-state index contributed by atoms with van der Waals surface area (Å²) in [5.74, 6) is -7.99. The van der Waals surface area contributed by atoms with Crippen molar-refractivity contribution in [1.29, 1.82) is 0 Å². The lowest BCUT2D eigenvalue weighted by Crippen LogP contribution is -2.53. The normalized spacial score (nSPS) is 21.2. The van der Waals surface area contributed by atoms with Crippen molar-refractivity contribution in [2.75, 3.05) is 24.6 Å². The van der Waals surface area contributed by atoms with Crippen LogP contribution in [0.4, 0.5) is 13.6 Å². The molecule has 0 aromatic heterocycles. The maximum atomic E-state index is 14.6. The Morgan fingerprint density at radius 1 is 1.08 bits per heavy atom. The van der Waals surface area contributed by atoms with Crippen LogP contribution in [0.2, 0.25) is 10.0 Å². The summed E-state index contributed by atoms with van der Waals surface area (Å²) >= 11 is 11.5. The molecule has 2 aliphatic rings. The summed E-state index contributed by atoms with van der Waals surface area (Å²) in [6.45, 7) is 4.97. The van der Waals surface area contributed by atoms with Gasteiger partial charge in [-0.25, -0.2) is 13.2 Å². The minimum absolute atomic E-state index is 0.0282. The zero-order valence-electron chi connectivity index (χ0n) is 19.9. The molecule has 0 radical (unpaired) electrons.